The van der Waals surface area contributed by atoms with Gasteiger partial charge in [0.05, 0.1) is 0 Å². The van der Waals surface area contributed by atoms with Crippen molar-refractivity contribution >= 4 is 64.0 Å². The second-order valence-electron chi connectivity index (χ2n) is 1.64. The summed E-state index contributed by atoms with van der Waals surface area (Å²) in [6.07, 6.45) is 0. The van der Waals surface area contributed by atoms with E-state index in [0.717, 1.165) is 5.75 Å². The first-order valence-corrected chi connectivity index (χ1v) is 3.21. The normalized spacial score (nSPS) is 8.11. The maximum atomic E-state index is 4.11. The van der Waals surface area contributed by atoms with Gasteiger partial charge in [0, 0.05) is 5.75 Å². The summed E-state index contributed by atoms with van der Waals surface area (Å²) in [5.74, 6) is 0.834. The summed E-state index contributed by atoms with van der Waals surface area (Å²) in [4.78, 5) is 0. The van der Waals surface area contributed by atoms with Gasteiger partial charge in [-0.25, -0.2) is 0 Å². The average Bonchev–Trinajstić information content (AvgIpc) is 1.90. The quantitative estimate of drug-likeness (QED) is 0.471. The fourth-order valence-electron chi connectivity index (χ4n) is 0.583. The van der Waals surface area contributed by atoms with Crippen LogP contribution in [0, 0.1) is 0 Å². The third-order valence-electron chi connectivity index (χ3n) is 1.03. The molecule has 0 aliphatic carbocycles. The molecule has 0 aromatic heterocycles. The van der Waals surface area contributed by atoms with Crippen molar-refractivity contribution in [1.29, 1.82) is 0 Å². The molecule has 0 amide bonds. The van der Waals surface area contributed by atoms with Crippen LogP contribution in [-0.2, 0) is 5.75 Å². The number of hydrogen-bond acceptors (Lipinski definition) is 1. The summed E-state index contributed by atoms with van der Waals surface area (Å²) < 4.78 is 0. The van der Waals surface area contributed by atoms with Crippen LogP contribution in [0.5, 0.6) is 0 Å². The van der Waals surface area contributed by atoms with Gasteiger partial charge in [0.1, 0.15) is 0 Å². The van der Waals surface area contributed by atoms with Gasteiger partial charge in [-0.05, 0) is 5.56 Å². The molecule has 0 heterocycles. The van der Waals surface area contributed by atoms with E-state index in [1.165, 1.54) is 5.56 Å². The predicted molar refractivity (Wildman–Crippen MR) is 46.3 cm³/mol. The molecule has 0 aliphatic rings. The summed E-state index contributed by atoms with van der Waals surface area (Å²) in [6.45, 7) is 0. The van der Waals surface area contributed by atoms with Gasteiger partial charge in [0.2, 0.25) is 0 Å². The van der Waals surface area contributed by atoms with E-state index in [2.05, 4.69) is 24.8 Å². The Morgan fingerprint density at radius 3 is 2.00 bits per heavy atom. The molecule has 44 valence electrons. The van der Waals surface area contributed by atoms with Crippen molar-refractivity contribution in [3.63, 3.8) is 0 Å². The van der Waals surface area contributed by atoms with E-state index >= 15 is 0 Å². The number of thiol groups is 1. The molecule has 0 aliphatic heterocycles. The molecule has 0 unspecified atom stereocenters. The Hall–Kier alpha value is 1.21. The van der Waals surface area contributed by atoms with Gasteiger partial charge in [-0.15, -0.1) is 0 Å². The molecular formula is C7H9KS. The topological polar surface area (TPSA) is 0 Å². The van der Waals surface area contributed by atoms with Crippen LogP contribution in [0.2, 0.25) is 0 Å². The second kappa shape index (κ2) is 5.95. The van der Waals surface area contributed by atoms with Crippen LogP contribution in [-0.4, -0.2) is 51.4 Å². The Kier molecular flexibility index (Phi) is 6.75. The van der Waals surface area contributed by atoms with Crippen LogP contribution >= 0.6 is 12.6 Å². The Labute approximate surface area is 104 Å². The molecular weight excluding hydrogens is 155 g/mol. The van der Waals surface area contributed by atoms with Gasteiger partial charge in [-0.2, -0.15) is 12.6 Å². The Morgan fingerprint density at radius 2 is 1.67 bits per heavy atom. The molecule has 0 spiro atoms. The van der Waals surface area contributed by atoms with Gasteiger partial charge in [0.25, 0.3) is 0 Å². The summed E-state index contributed by atoms with van der Waals surface area (Å²) in [6, 6.07) is 10.2. The molecule has 0 N–H and O–H groups in total. The third kappa shape index (κ3) is 3.81. The van der Waals surface area contributed by atoms with Crippen LogP contribution in [0.3, 0.4) is 0 Å². The van der Waals surface area contributed by atoms with Crippen LogP contribution < -0.4 is 0 Å². The average molecular weight is 164 g/mol. The molecule has 9 heavy (non-hydrogen) atoms. The monoisotopic (exact) mass is 164 g/mol. The number of benzene rings is 1. The van der Waals surface area contributed by atoms with Crippen LogP contribution in [0.25, 0.3) is 0 Å². The van der Waals surface area contributed by atoms with Crippen molar-refractivity contribution in [1.82, 2.24) is 0 Å². The zero-order valence-corrected chi connectivity index (χ0v) is 5.44. The zero-order valence-electron chi connectivity index (χ0n) is 4.54. The van der Waals surface area contributed by atoms with Gasteiger partial charge in [-0.3, -0.25) is 0 Å². The molecule has 0 bridgehead atoms. The van der Waals surface area contributed by atoms with E-state index in [0.29, 0.717) is 0 Å². The Balaban J connectivity index is 0.000000640. The molecule has 1 aromatic rings. The van der Waals surface area contributed by atoms with E-state index in [1.807, 2.05) is 18.2 Å². The SMILES string of the molecule is SCc1ccccc1.[KH]. The minimum absolute atomic E-state index is 0. The molecule has 2 heteroatoms. The second-order valence-corrected chi connectivity index (χ2v) is 1.96. The van der Waals surface area contributed by atoms with E-state index < -0.39 is 0 Å². The Morgan fingerprint density at radius 1 is 1.11 bits per heavy atom. The van der Waals surface area contributed by atoms with E-state index in [1.54, 1.807) is 0 Å². The van der Waals surface area contributed by atoms with Crippen LogP contribution in [0.15, 0.2) is 30.3 Å². The first-order valence-electron chi connectivity index (χ1n) is 2.58. The van der Waals surface area contributed by atoms with E-state index in [9.17, 15) is 0 Å². The van der Waals surface area contributed by atoms with E-state index in [4.69, 9.17) is 0 Å². The fraction of sp³-hybridized carbons (Fsp3) is 0.143. The first-order chi connectivity index (χ1) is 3.93. The summed E-state index contributed by atoms with van der Waals surface area (Å²) in [5.41, 5.74) is 1.27. The molecule has 0 nitrogen and oxygen atoms in total. The van der Waals surface area contributed by atoms with Crippen LogP contribution in [0.4, 0.5) is 0 Å². The van der Waals surface area contributed by atoms with Gasteiger partial charge >= 0.3 is 51.4 Å². The predicted octanol–water partition coefficient (Wildman–Crippen LogP) is 1.47. The number of hydrogen-bond donors (Lipinski definition) is 1. The number of rotatable bonds is 1. The fourth-order valence-corrected chi connectivity index (χ4v) is 0.794. The molecule has 1 aromatic carbocycles. The van der Waals surface area contributed by atoms with Crippen molar-refractivity contribution in [2.24, 2.45) is 0 Å². The van der Waals surface area contributed by atoms with Crippen molar-refractivity contribution in [2.45, 2.75) is 5.75 Å². The summed E-state index contributed by atoms with van der Waals surface area (Å²) in [5, 5.41) is 0. The third-order valence-corrected chi connectivity index (χ3v) is 1.39. The standard InChI is InChI=1S/C7H8S.K.H/c8-6-7-4-2-1-3-5-7;;/h1-5,8H,6H2;;. The van der Waals surface area contributed by atoms with Crippen molar-refractivity contribution in [3.8, 4) is 0 Å². The van der Waals surface area contributed by atoms with E-state index in [-0.39, 0.29) is 51.4 Å². The zero-order chi connectivity index (χ0) is 5.82. The first kappa shape index (κ1) is 10.2. The molecule has 0 radical (unpaired) electrons. The Bertz CT molecular complexity index is 150. The molecule has 0 saturated carbocycles. The van der Waals surface area contributed by atoms with Gasteiger partial charge in [-0.1, -0.05) is 30.3 Å². The summed E-state index contributed by atoms with van der Waals surface area (Å²) in [7, 11) is 0. The molecule has 1 rings (SSSR count). The van der Waals surface area contributed by atoms with Crippen molar-refractivity contribution in [3.05, 3.63) is 35.9 Å². The maximum absolute atomic E-state index is 4.11. The van der Waals surface area contributed by atoms with Crippen LogP contribution in [0.1, 0.15) is 5.56 Å². The molecule has 0 saturated heterocycles. The molecule has 0 atom stereocenters. The van der Waals surface area contributed by atoms with Crippen molar-refractivity contribution < 1.29 is 0 Å². The van der Waals surface area contributed by atoms with Gasteiger partial charge in [0.15, 0.2) is 0 Å². The summed E-state index contributed by atoms with van der Waals surface area (Å²) >= 11 is 4.11. The molecule has 0 fully saturated rings. The minimum atomic E-state index is 0. The van der Waals surface area contributed by atoms with Gasteiger partial charge < -0.3 is 0 Å². The van der Waals surface area contributed by atoms with Crippen molar-refractivity contribution in [2.75, 3.05) is 0 Å².